The number of carbonyl (C=O) groups is 1. The van der Waals surface area contributed by atoms with Crippen molar-refractivity contribution in [3.63, 3.8) is 0 Å². The van der Waals surface area contributed by atoms with Gasteiger partial charge in [-0.25, -0.2) is 0 Å². The number of thioether (sulfide) groups is 1. The zero-order valence-electron chi connectivity index (χ0n) is 12.8. The van der Waals surface area contributed by atoms with Gasteiger partial charge in [0.1, 0.15) is 6.04 Å². The minimum Gasteiger partial charge on any atom is -0.354 e. The van der Waals surface area contributed by atoms with Gasteiger partial charge in [0, 0.05) is 35.9 Å². The predicted octanol–water partition coefficient (Wildman–Crippen LogP) is 1.75. The quantitative estimate of drug-likeness (QED) is 0.784. The number of halogens is 1. The Balaban J connectivity index is 0.00000361. The van der Waals surface area contributed by atoms with Crippen molar-refractivity contribution in [3.05, 3.63) is 18.0 Å². The van der Waals surface area contributed by atoms with Crippen molar-refractivity contribution in [2.45, 2.75) is 31.6 Å². The first-order chi connectivity index (χ1) is 8.83. The van der Waals surface area contributed by atoms with Crippen LogP contribution in [0.3, 0.4) is 0 Å². The SMILES string of the molecule is CNC(C(=O)NCCSC(C)(C)C)c1cnn(C)c1.Cl. The van der Waals surface area contributed by atoms with Crippen molar-refractivity contribution in [1.82, 2.24) is 20.4 Å². The van der Waals surface area contributed by atoms with Crippen LogP contribution in [0, 0.1) is 0 Å². The van der Waals surface area contributed by atoms with Crippen LogP contribution in [0.5, 0.6) is 0 Å². The van der Waals surface area contributed by atoms with Gasteiger partial charge >= 0.3 is 0 Å². The first-order valence-corrected chi connectivity index (χ1v) is 7.39. The lowest BCUT2D eigenvalue weighted by atomic mass is 10.1. The third-order valence-corrected chi connectivity index (χ3v) is 3.82. The zero-order valence-corrected chi connectivity index (χ0v) is 14.4. The number of hydrogen-bond donors (Lipinski definition) is 2. The third kappa shape index (κ3) is 6.63. The van der Waals surface area contributed by atoms with Gasteiger partial charge in [-0.3, -0.25) is 9.48 Å². The van der Waals surface area contributed by atoms with Crippen molar-refractivity contribution < 1.29 is 4.79 Å². The molecule has 0 aliphatic carbocycles. The van der Waals surface area contributed by atoms with E-state index >= 15 is 0 Å². The van der Waals surface area contributed by atoms with Gasteiger partial charge in [0.15, 0.2) is 0 Å². The number of amides is 1. The number of aromatic nitrogens is 2. The number of likely N-dealkylation sites (N-methyl/N-ethyl adjacent to an activating group) is 1. The molecule has 0 aliphatic heterocycles. The molecule has 2 N–H and O–H groups in total. The molecule has 0 saturated heterocycles. The molecule has 1 rings (SSSR count). The number of hydrogen-bond acceptors (Lipinski definition) is 4. The molecule has 5 nitrogen and oxygen atoms in total. The number of rotatable bonds is 6. The van der Waals surface area contributed by atoms with Crippen molar-refractivity contribution in [2.75, 3.05) is 19.3 Å². The van der Waals surface area contributed by atoms with E-state index in [1.165, 1.54) is 0 Å². The van der Waals surface area contributed by atoms with Gasteiger partial charge in [0.2, 0.25) is 5.91 Å². The molecule has 0 bridgehead atoms. The Kier molecular flexibility index (Phi) is 8.23. The first-order valence-electron chi connectivity index (χ1n) is 6.41. The van der Waals surface area contributed by atoms with E-state index in [9.17, 15) is 4.79 Å². The molecular formula is C13H25ClN4OS. The number of nitrogens with one attached hydrogen (secondary N) is 2. The molecule has 1 aromatic heterocycles. The maximum atomic E-state index is 12.1. The Labute approximate surface area is 131 Å². The van der Waals surface area contributed by atoms with Gasteiger partial charge in [-0.05, 0) is 7.05 Å². The monoisotopic (exact) mass is 320 g/mol. The highest BCUT2D eigenvalue weighted by Crippen LogP contribution is 2.22. The van der Waals surface area contributed by atoms with Gasteiger partial charge in [0.05, 0.1) is 6.20 Å². The van der Waals surface area contributed by atoms with E-state index < -0.39 is 0 Å². The molecule has 0 aromatic carbocycles. The summed E-state index contributed by atoms with van der Waals surface area (Å²) in [5.74, 6) is 0.906. The summed E-state index contributed by atoms with van der Waals surface area (Å²) >= 11 is 1.84. The molecule has 0 radical (unpaired) electrons. The van der Waals surface area contributed by atoms with Crippen LogP contribution in [-0.2, 0) is 11.8 Å². The maximum Gasteiger partial charge on any atom is 0.241 e. The van der Waals surface area contributed by atoms with Gasteiger partial charge in [-0.2, -0.15) is 16.9 Å². The lowest BCUT2D eigenvalue weighted by Crippen LogP contribution is -2.37. The average molecular weight is 321 g/mol. The highest BCUT2D eigenvalue weighted by Gasteiger charge is 2.19. The van der Waals surface area contributed by atoms with Gasteiger partial charge < -0.3 is 10.6 Å². The first kappa shape index (κ1) is 19.3. The van der Waals surface area contributed by atoms with E-state index in [2.05, 4.69) is 36.5 Å². The summed E-state index contributed by atoms with van der Waals surface area (Å²) < 4.78 is 1.93. The Morgan fingerprint density at radius 3 is 2.60 bits per heavy atom. The fourth-order valence-corrected chi connectivity index (χ4v) is 2.49. The smallest absolute Gasteiger partial charge is 0.241 e. The normalized spacial score (nSPS) is 12.7. The molecular weight excluding hydrogens is 296 g/mol. The average Bonchev–Trinajstić information content (AvgIpc) is 2.71. The standard InChI is InChI=1S/C13H24N4OS.ClH/c1-13(2,3)19-7-6-15-12(18)11(14-4)10-8-16-17(5)9-10;/h8-9,11,14H,6-7H2,1-5H3,(H,15,18);1H. The number of carbonyl (C=O) groups excluding carboxylic acids is 1. The Bertz CT molecular complexity index is 417. The molecule has 20 heavy (non-hydrogen) atoms. The summed E-state index contributed by atoms with van der Waals surface area (Å²) in [6.45, 7) is 7.20. The minimum absolute atomic E-state index is 0. The van der Waals surface area contributed by atoms with E-state index in [-0.39, 0.29) is 29.1 Å². The topological polar surface area (TPSA) is 59.0 Å². The number of aryl methyl sites for hydroxylation is 1. The summed E-state index contributed by atoms with van der Waals surface area (Å²) in [7, 11) is 3.62. The Morgan fingerprint density at radius 1 is 1.50 bits per heavy atom. The molecule has 0 spiro atoms. The summed E-state index contributed by atoms with van der Waals surface area (Å²) in [4.78, 5) is 12.1. The highest BCUT2D eigenvalue weighted by atomic mass is 35.5. The predicted molar refractivity (Wildman–Crippen MR) is 87.5 cm³/mol. The summed E-state index contributed by atoms with van der Waals surface area (Å²) in [5.41, 5.74) is 0.881. The molecule has 0 saturated carbocycles. The van der Waals surface area contributed by atoms with Crippen LogP contribution < -0.4 is 10.6 Å². The molecule has 1 aromatic rings. The van der Waals surface area contributed by atoms with Crippen LogP contribution in [0.2, 0.25) is 0 Å². The van der Waals surface area contributed by atoms with Crippen molar-refractivity contribution in [1.29, 1.82) is 0 Å². The van der Waals surface area contributed by atoms with Crippen molar-refractivity contribution in [3.8, 4) is 0 Å². The van der Waals surface area contributed by atoms with Crippen LogP contribution in [-0.4, -0.2) is 39.8 Å². The zero-order chi connectivity index (χ0) is 14.5. The molecule has 7 heteroatoms. The van der Waals surface area contributed by atoms with Crippen LogP contribution in [0.4, 0.5) is 0 Å². The third-order valence-electron chi connectivity index (χ3n) is 2.55. The van der Waals surface area contributed by atoms with Crippen LogP contribution in [0.1, 0.15) is 32.4 Å². The molecule has 0 aliphatic rings. The largest absolute Gasteiger partial charge is 0.354 e. The summed E-state index contributed by atoms with van der Waals surface area (Å²) in [5, 5.41) is 10.1. The van der Waals surface area contributed by atoms with E-state index in [1.54, 1.807) is 17.9 Å². The maximum absolute atomic E-state index is 12.1. The second-order valence-electron chi connectivity index (χ2n) is 5.42. The molecule has 116 valence electrons. The van der Waals surface area contributed by atoms with Gasteiger partial charge in [-0.15, -0.1) is 12.4 Å². The van der Waals surface area contributed by atoms with Crippen molar-refractivity contribution >= 4 is 30.1 Å². The fourth-order valence-electron chi connectivity index (χ4n) is 1.67. The second kappa shape index (κ2) is 8.54. The lowest BCUT2D eigenvalue weighted by molar-refractivity contribution is -0.123. The van der Waals surface area contributed by atoms with Crippen LogP contribution in [0.15, 0.2) is 12.4 Å². The molecule has 1 atom stereocenters. The molecule has 1 unspecified atom stereocenters. The van der Waals surface area contributed by atoms with Gasteiger partial charge in [-0.1, -0.05) is 20.8 Å². The highest BCUT2D eigenvalue weighted by molar-refractivity contribution is 8.00. The minimum atomic E-state index is -0.340. The van der Waals surface area contributed by atoms with E-state index in [4.69, 9.17) is 0 Å². The van der Waals surface area contributed by atoms with E-state index in [1.807, 2.05) is 25.0 Å². The van der Waals surface area contributed by atoms with Crippen molar-refractivity contribution in [2.24, 2.45) is 7.05 Å². The lowest BCUT2D eigenvalue weighted by Gasteiger charge is -2.18. The molecule has 1 heterocycles. The van der Waals surface area contributed by atoms with E-state index in [0.717, 1.165) is 11.3 Å². The van der Waals surface area contributed by atoms with E-state index in [0.29, 0.717) is 6.54 Å². The number of nitrogens with zero attached hydrogens (tertiary/aromatic N) is 2. The van der Waals surface area contributed by atoms with Gasteiger partial charge in [0.25, 0.3) is 0 Å². The summed E-state index contributed by atoms with van der Waals surface area (Å²) in [6, 6.07) is -0.340. The molecule has 1 amide bonds. The second-order valence-corrected chi connectivity index (χ2v) is 7.34. The van der Waals surface area contributed by atoms with Crippen LogP contribution >= 0.6 is 24.2 Å². The summed E-state index contributed by atoms with van der Waals surface area (Å²) in [6.07, 6.45) is 3.56. The fraction of sp³-hybridized carbons (Fsp3) is 0.692. The van der Waals surface area contributed by atoms with Crippen LogP contribution in [0.25, 0.3) is 0 Å². The Morgan fingerprint density at radius 2 is 2.15 bits per heavy atom. The Hall–Kier alpha value is -0.720. The molecule has 0 fully saturated rings.